The zero-order valence-corrected chi connectivity index (χ0v) is 12.8. The van der Waals surface area contributed by atoms with Crippen molar-refractivity contribution in [3.63, 3.8) is 0 Å². The Bertz CT molecular complexity index is 609. The van der Waals surface area contributed by atoms with Crippen LogP contribution in [-0.4, -0.2) is 9.78 Å². The number of hydrogen-bond acceptors (Lipinski definition) is 2. The minimum atomic E-state index is -0.222. The second kappa shape index (κ2) is 5.27. The first kappa shape index (κ1) is 14.6. The first-order valence-corrected chi connectivity index (χ1v) is 6.80. The van der Waals surface area contributed by atoms with Crippen molar-refractivity contribution in [2.75, 3.05) is 5.32 Å². The highest BCUT2D eigenvalue weighted by molar-refractivity contribution is 5.51. The molecule has 0 aliphatic heterocycles. The maximum absolute atomic E-state index is 13.3. The van der Waals surface area contributed by atoms with Crippen LogP contribution in [0.5, 0.6) is 0 Å². The van der Waals surface area contributed by atoms with Crippen molar-refractivity contribution in [3.05, 3.63) is 47.0 Å². The fourth-order valence-electron chi connectivity index (χ4n) is 2.27. The van der Waals surface area contributed by atoms with Gasteiger partial charge in [-0.15, -0.1) is 0 Å². The molecule has 1 N–H and O–H groups in total. The van der Waals surface area contributed by atoms with Gasteiger partial charge >= 0.3 is 0 Å². The van der Waals surface area contributed by atoms with Crippen LogP contribution in [0.15, 0.2) is 24.4 Å². The standard InChI is InChI=1S/C16H22FN3/c1-11-6-7-13(17)8-14(11)18-9-12-10-20(5)19-15(12)16(2,3)4/h6-8,10,18H,9H2,1-5H3. The third kappa shape index (κ3) is 3.18. The predicted molar refractivity (Wildman–Crippen MR) is 80.4 cm³/mol. The molecule has 0 fully saturated rings. The van der Waals surface area contributed by atoms with Gasteiger partial charge < -0.3 is 5.32 Å². The van der Waals surface area contributed by atoms with Crippen LogP contribution in [0.4, 0.5) is 10.1 Å². The predicted octanol–water partition coefficient (Wildman–Crippen LogP) is 3.78. The molecule has 1 aromatic heterocycles. The molecule has 0 radical (unpaired) electrons. The number of aryl methyl sites for hydroxylation is 2. The average Bonchev–Trinajstić information content (AvgIpc) is 2.72. The molecule has 0 aliphatic carbocycles. The fraction of sp³-hybridized carbons (Fsp3) is 0.438. The molecule has 20 heavy (non-hydrogen) atoms. The van der Waals surface area contributed by atoms with Crippen LogP contribution in [0.3, 0.4) is 0 Å². The van der Waals surface area contributed by atoms with E-state index in [1.54, 1.807) is 6.07 Å². The number of aromatic nitrogens is 2. The number of nitrogens with one attached hydrogen (secondary N) is 1. The van der Waals surface area contributed by atoms with E-state index >= 15 is 0 Å². The summed E-state index contributed by atoms with van der Waals surface area (Å²) in [5.41, 5.74) is 4.07. The van der Waals surface area contributed by atoms with Crippen molar-refractivity contribution >= 4 is 5.69 Å². The van der Waals surface area contributed by atoms with Crippen molar-refractivity contribution in [2.24, 2.45) is 7.05 Å². The lowest BCUT2D eigenvalue weighted by Crippen LogP contribution is -2.16. The molecular formula is C16H22FN3. The molecule has 0 unspecified atom stereocenters. The summed E-state index contributed by atoms with van der Waals surface area (Å²) in [6.45, 7) is 9.05. The molecule has 1 aromatic carbocycles. The van der Waals surface area contributed by atoms with Gasteiger partial charge in [-0.25, -0.2) is 4.39 Å². The molecular weight excluding hydrogens is 253 g/mol. The molecule has 3 nitrogen and oxygen atoms in total. The summed E-state index contributed by atoms with van der Waals surface area (Å²) in [5.74, 6) is -0.222. The highest BCUT2D eigenvalue weighted by Crippen LogP contribution is 2.25. The van der Waals surface area contributed by atoms with E-state index < -0.39 is 0 Å². The Kier molecular flexibility index (Phi) is 3.84. The summed E-state index contributed by atoms with van der Waals surface area (Å²) in [4.78, 5) is 0. The maximum Gasteiger partial charge on any atom is 0.125 e. The third-order valence-corrected chi connectivity index (χ3v) is 3.28. The van der Waals surface area contributed by atoms with Crippen LogP contribution in [0.1, 0.15) is 37.6 Å². The van der Waals surface area contributed by atoms with Crippen LogP contribution in [0, 0.1) is 12.7 Å². The smallest absolute Gasteiger partial charge is 0.125 e. The molecule has 1 heterocycles. The van der Waals surface area contributed by atoms with Crippen molar-refractivity contribution < 1.29 is 4.39 Å². The number of hydrogen-bond donors (Lipinski definition) is 1. The molecule has 0 bridgehead atoms. The number of halogens is 1. The van der Waals surface area contributed by atoms with E-state index in [2.05, 4.69) is 31.2 Å². The van der Waals surface area contributed by atoms with Gasteiger partial charge in [0, 0.05) is 36.5 Å². The Hall–Kier alpha value is -1.84. The van der Waals surface area contributed by atoms with Gasteiger partial charge in [-0.3, -0.25) is 4.68 Å². The topological polar surface area (TPSA) is 29.9 Å². The second-order valence-electron chi connectivity index (χ2n) is 6.24. The summed E-state index contributed by atoms with van der Waals surface area (Å²) in [7, 11) is 1.92. The van der Waals surface area contributed by atoms with Gasteiger partial charge in [-0.2, -0.15) is 5.10 Å². The molecule has 0 saturated heterocycles. The van der Waals surface area contributed by atoms with Gasteiger partial charge in [0.15, 0.2) is 0 Å². The molecule has 4 heteroatoms. The first-order valence-electron chi connectivity index (χ1n) is 6.80. The summed E-state index contributed by atoms with van der Waals surface area (Å²) >= 11 is 0. The Morgan fingerprint density at radius 2 is 2.00 bits per heavy atom. The van der Waals surface area contributed by atoms with Crippen molar-refractivity contribution in [3.8, 4) is 0 Å². The lowest BCUT2D eigenvalue weighted by atomic mass is 9.89. The zero-order valence-electron chi connectivity index (χ0n) is 12.8. The summed E-state index contributed by atoms with van der Waals surface area (Å²) in [6, 6.07) is 4.79. The number of benzene rings is 1. The minimum Gasteiger partial charge on any atom is -0.381 e. The van der Waals surface area contributed by atoms with E-state index in [9.17, 15) is 4.39 Å². The summed E-state index contributed by atoms with van der Waals surface area (Å²) < 4.78 is 15.1. The van der Waals surface area contributed by atoms with Gasteiger partial charge in [0.25, 0.3) is 0 Å². The highest BCUT2D eigenvalue weighted by atomic mass is 19.1. The van der Waals surface area contributed by atoms with Crippen LogP contribution in [-0.2, 0) is 19.0 Å². The second-order valence-corrected chi connectivity index (χ2v) is 6.24. The zero-order chi connectivity index (χ0) is 14.9. The Morgan fingerprint density at radius 3 is 2.65 bits per heavy atom. The Morgan fingerprint density at radius 1 is 1.30 bits per heavy atom. The molecule has 0 atom stereocenters. The van der Waals surface area contributed by atoms with E-state index in [4.69, 9.17) is 0 Å². The molecule has 108 valence electrons. The van der Waals surface area contributed by atoms with Crippen molar-refractivity contribution in [2.45, 2.75) is 39.7 Å². The van der Waals surface area contributed by atoms with Gasteiger partial charge in [-0.1, -0.05) is 26.8 Å². The molecule has 0 aliphatic rings. The average molecular weight is 275 g/mol. The van der Waals surface area contributed by atoms with Crippen LogP contribution < -0.4 is 5.32 Å². The number of nitrogens with zero attached hydrogens (tertiary/aromatic N) is 2. The normalized spacial score (nSPS) is 11.7. The van der Waals surface area contributed by atoms with E-state index in [1.807, 2.05) is 24.9 Å². The number of anilines is 1. The molecule has 0 amide bonds. The first-order chi connectivity index (χ1) is 9.27. The number of rotatable bonds is 3. The largest absolute Gasteiger partial charge is 0.381 e. The Labute approximate surface area is 119 Å². The summed E-state index contributed by atoms with van der Waals surface area (Å²) in [6.07, 6.45) is 2.02. The molecule has 0 saturated carbocycles. The quantitative estimate of drug-likeness (QED) is 0.924. The van der Waals surface area contributed by atoms with E-state index in [1.165, 1.54) is 12.1 Å². The van der Waals surface area contributed by atoms with E-state index in [0.29, 0.717) is 6.54 Å². The SMILES string of the molecule is Cc1ccc(F)cc1NCc1cn(C)nc1C(C)(C)C. The fourth-order valence-corrected chi connectivity index (χ4v) is 2.27. The van der Waals surface area contributed by atoms with Crippen molar-refractivity contribution in [1.29, 1.82) is 0 Å². The van der Waals surface area contributed by atoms with E-state index in [0.717, 1.165) is 22.5 Å². The van der Waals surface area contributed by atoms with Crippen LogP contribution >= 0.6 is 0 Å². The highest BCUT2D eigenvalue weighted by Gasteiger charge is 2.21. The maximum atomic E-state index is 13.3. The minimum absolute atomic E-state index is 0.00471. The lowest BCUT2D eigenvalue weighted by molar-refractivity contribution is 0.549. The van der Waals surface area contributed by atoms with Gasteiger partial charge in [0.2, 0.25) is 0 Å². The van der Waals surface area contributed by atoms with Gasteiger partial charge in [-0.05, 0) is 24.6 Å². The lowest BCUT2D eigenvalue weighted by Gasteiger charge is -2.18. The van der Waals surface area contributed by atoms with Gasteiger partial charge in [0.1, 0.15) is 5.82 Å². The Balaban J connectivity index is 2.21. The van der Waals surface area contributed by atoms with Crippen LogP contribution in [0.25, 0.3) is 0 Å². The monoisotopic (exact) mass is 275 g/mol. The van der Waals surface area contributed by atoms with Crippen LogP contribution in [0.2, 0.25) is 0 Å². The molecule has 2 rings (SSSR count). The molecule has 0 spiro atoms. The van der Waals surface area contributed by atoms with Crippen molar-refractivity contribution in [1.82, 2.24) is 9.78 Å². The summed E-state index contributed by atoms with van der Waals surface area (Å²) in [5, 5.41) is 7.84. The van der Waals surface area contributed by atoms with Gasteiger partial charge in [0.05, 0.1) is 5.69 Å². The third-order valence-electron chi connectivity index (χ3n) is 3.28. The molecule has 2 aromatic rings. The van der Waals surface area contributed by atoms with E-state index in [-0.39, 0.29) is 11.2 Å².